The van der Waals surface area contributed by atoms with E-state index in [0.29, 0.717) is 0 Å². The summed E-state index contributed by atoms with van der Waals surface area (Å²) in [5.41, 5.74) is 0.834. The summed E-state index contributed by atoms with van der Waals surface area (Å²) in [6.45, 7) is 0. The molecule has 2 rings (SSSR count). The largest absolute Gasteiger partial charge is 0.549 e. The van der Waals surface area contributed by atoms with E-state index in [9.17, 15) is 14.7 Å². The van der Waals surface area contributed by atoms with Crippen LogP contribution in [-0.2, 0) is 9.59 Å². The van der Waals surface area contributed by atoms with Crippen molar-refractivity contribution in [3.05, 3.63) is 34.3 Å². The molecular formula is C12H9BrN3O3S-. The van der Waals surface area contributed by atoms with Gasteiger partial charge in [0.05, 0.1) is 17.4 Å². The minimum Gasteiger partial charge on any atom is -0.549 e. The van der Waals surface area contributed by atoms with Gasteiger partial charge in [-0.15, -0.1) is 5.10 Å². The van der Waals surface area contributed by atoms with Gasteiger partial charge in [0.15, 0.2) is 5.17 Å². The van der Waals surface area contributed by atoms with E-state index in [1.165, 1.54) is 6.21 Å². The average Bonchev–Trinajstić information content (AvgIpc) is 2.40. The Bertz CT molecular complexity index is 586. The minimum absolute atomic E-state index is 0.123. The van der Waals surface area contributed by atoms with Gasteiger partial charge in [-0.1, -0.05) is 39.8 Å². The predicted molar refractivity (Wildman–Crippen MR) is 78.3 cm³/mol. The molecule has 1 aromatic carbocycles. The number of hydrogen-bond acceptors (Lipinski definition) is 6. The quantitative estimate of drug-likeness (QED) is 0.632. The molecule has 104 valence electrons. The Morgan fingerprint density at radius 2 is 2.15 bits per heavy atom. The summed E-state index contributed by atoms with van der Waals surface area (Å²) in [6, 6.07) is 7.39. The van der Waals surface area contributed by atoms with Gasteiger partial charge < -0.3 is 15.2 Å². The Hall–Kier alpha value is -1.67. The molecule has 0 bridgehead atoms. The number of nitrogens with zero attached hydrogens (tertiary/aromatic N) is 2. The maximum absolute atomic E-state index is 11.3. The van der Waals surface area contributed by atoms with E-state index in [1.807, 2.05) is 24.3 Å². The zero-order valence-electron chi connectivity index (χ0n) is 10.1. The van der Waals surface area contributed by atoms with E-state index in [2.05, 4.69) is 31.4 Å². The van der Waals surface area contributed by atoms with Crippen molar-refractivity contribution in [1.82, 2.24) is 5.32 Å². The highest BCUT2D eigenvalue weighted by Gasteiger charge is 2.25. The Kier molecular flexibility index (Phi) is 4.91. The third-order valence-corrected chi connectivity index (χ3v) is 3.94. The SMILES string of the molecule is O=C1C[C@@H](C(=O)[O-])S/C(=N/N=C\c2ccc(Br)cc2)N1. The molecule has 1 atom stereocenters. The molecule has 0 unspecified atom stereocenters. The monoisotopic (exact) mass is 354 g/mol. The van der Waals surface area contributed by atoms with Gasteiger partial charge in [0.1, 0.15) is 0 Å². The second-order valence-corrected chi connectivity index (χ2v) is 5.99. The molecular weight excluding hydrogens is 346 g/mol. The molecule has 6 nitrogen and oxygen atoms in total. The van der Waals surface area contributed by atoms with Crippen molar-refractivity contribution in [2.24, 2.45) is 10.2 Å². The number of carbonyl (C=O) groups excluding carboxylic acids is 2. The number of carboxylic acid groups (broad SMARTS) is 1. The van der Waals surface area contributed by atoms with Crippen LogP contribution in [0.5, 0.6) is 0 Å². The lowest BCUT2D eigenvalue weighted by molar-refractivity contribution is -0.304. The number of aliphatic carboxylic acids is 1. The van der Waals surface area contributed by atoms with Crippen molar-refractivity contribution < 1.29 is 14.7 Å². The van der Waals surface area contributed by atoms with Crippen LogP contribution in [-0.4, -0.2) is 28.5 Å². The van der Waals surface area contributed by atoms with E-state index in [0.717, 1.165) is 21.8 Å². The van der Waals surface area contributed by atoms with Crippen molar-refractivity contribution in [3.8, 4) is 0 Å². The van der Waals surface area contributed by atoms with Gasteiger partial charge in [-0.05, 0) is 17.7 Å². The molecule has 20 heavy (non-hydrogen) atoms. The van der Waals surface area contributed by atoms with Crippen LogP contribution in [0.4, 0.5) is 0 Å². The van der Waals surface area contributed by atoms with Gasteiger partial charge >= 0.3 is 0 Å². The van der Waals surface area contributed by atoms with Crippen molar-refractivity contribution in [1.29, 1.82) is 0 Å². The molecule has 1 heterocycles. The maximum atomic E-state index is 11.3. The normalized spacial score (nSPS) is 21.1. The molecule has 0 spiro atoms. The van der Waals surface area contributed by atoms with Crippen LogP contribution >= 0.6 is 27.7 Å². The van der Waals surface area contributed by atoms with Gasteiger partial charge in [0, 0.05) is 10.9 Å². The molecule has 1 aliphatic heterocycles. The summed E-state index contributed by atoms with van der Waals surface area (Å²) in [6.07, 6.45) is 1.39. The number of benzene rings is 1. The van der Waals surface area contributed by atoms with Crippen molar-refractivity contribution >= 4 is 51.0 Å². The van der Waals surface area contributed by atoms with Crippen LogP contribution in [0.2, 0.25) is 0 Å². The number of amides is 1. The first-order chi connectivity index (χ1) is 9.54. The highest BCUT2D eigenvalue weighted by Crippen LogP contribution is 2.19. The molecule has 1 N–H and O–H groups in total. The topological polar surface area (TPSA) is 94.0 Å². The number of amidine groups is 1. The van der Waals surface area contributed by atoms with Gasteiger partial charge in [-0.3, -0.25) is 4.79 Å². The Labute approximate surface area is 127 Å². The lowest BCUT2D eigenvalue weighted by Crippen LogP contribution is -2.44. The van der Waals surface area contributed by atoms with E-state index in [1.54, 1.807) is 0 Å². The molecule has 1 saturated heterocycles. The molecule has 0 radical (unpaired) electrons. The van der Waals surface area contributed by atoms with Gasteiger partial charge in [-0.2, -0.15) is 5.10 Å². The fraction of sp³-hybridized carbons (Fsp3) is 0.167. The van der Waals surface area contributed by atoms with Gasteiger partial charge in [-0.25, -0.2) is 0 Å². The second-order valence-electron chi connectivity index (χ2n) is 3.88. The number of nitrogens with one attached hydrogen (secondary N) is 1. The molecule has 1 aromatic rings. The van der Waals surface area contributed by atoms with Crippen molar-refractivity contribution in [2.75, 3.05) is 0 Å². The molecule has 0 saturated carbocycles. The first kappa shape index (κ1) is 14.7. The van der Waals surface area contributed by atoms with Crippen LogP contribution in [0.1, 0.15) is 12.0 Å². The Morgan fingerprint density at radius 1 is 1.45 bits per heavy atom. The maximum Gasteiger partial charge on any atom is 0.227 e. The van der Waals surface area contributed by atoms with Crippen molar-refractivity contribution in [3.63, 3.8) is 0 Å². The predicted octanol–water partition coefficient (Wildman–Crippen LogP) is 0.511. The number of hydrogen-bond donors (Lipinski definition) is 1. The molecule has 0 aliphatic carbocycles. The lowest BCUT2D eigenvalue weighted by Gasteiger charge is -2.22. The van der Waals surface area contributed by atoms with E-state index >= 15 is 0 Å². The highest BCUT2D eigenvalue weighted by molar-refractivity contribution is 9.10. The number of carboxylic acids is 1. The molecule has 1 amide bonds. The van der Waals surface area contributed by atoms with Crippen LogP contribution < -0.4 is 10.4 Å². The number of carbonyl (C=O) groups is 2. The lowest BCUT2D eigenvalue weighted by atomic mass is 10.2. The Morgan fingerprint density at radius 3 is 2.80 bits per heavy atom. The number of thioether (sulfide) groups is 1. The van der Waals surface area contributed by atoms with E-state index in [4.69, 9.17) is 0 Å². The summed E-state index contributed by atoms with van der Waals surface area (Å²) < 4.78 is 0.952. The average molecular weight is 355 g/mol. The number of halogens is 1. The van der Waals surface area contributed by atoms with Gasteiger partial charge in [0.25, 0.3) is 0 Å². The van der Waals surface area contributed by atoms with Crippen molar-refractivity contribution in [2.45, 2.75) is 11.7 Å². The zero-order chi connectivity index (χ0) is 14.5. The smallest absolute Gasteiger partial charge is 0.227 e. The first-order valence-corrected chi connectivity index (χ1v) is 7.26. The summed E-state index contributed by atoms with van der Waals surface area (Å²) in [5.74, 6) is -1.69. The summed E-state index contributed by atoms with van der Waals surface area (Å²) in [7, 11) is 0. The van der Waals surface area contributed by atoms with Crippen LogP contribution in [0.15, 0.2) is 38.9 Å². The molecule has 8 heteroatoms. The Balaban J connectivity index is 2.04. The molecule has 1 fully saturated rings. The highest BCUT2D eigenvalue weighted by atomic mass is 79.9. The molecule has 1 aliphatic rings. The number of rotatable bonds is 3. The standard InChI is InChI=1S/C12H10BrN3O3S/c13-8-3-1-7(2-4-8)6-14-16-12-15-10(17)5-9(20-12)11(18)19/h1-4,6,9H,5H2,(H,18,19)(H,15,16,17)/p-1/b14-6-/t9-/m0/s1. The molecule has 0 aromatic heterocycles. The fourth-order valence-electron chi connectivity index (χ4n) is 1.42. The van der Waals surface area contributed by atoms with E-state index in [-0.39, 0.29) is 11.6 Å². The summed E-state index contributed by atoms with van der Waals surface area (Å²) in [4.78, 5) is 22.1. The van der Waals surface area contributed by atoms with Crippen LogP contribution in [0.3, 0.4) is 0 Å². The van der Waals surface area contributed by atoms with E-state index < -0.39 is 17.1 Å². The fourth-order valence-corrected chi connectivity index (χ4v) is 2.55. The summed E-state index contributed by atoms with van der Waals surface area (Å²) in [5, 5.41) is 20.1. The third-order valence-electron chi connectivity index (χ3n) is 2.36. The third kappa shape index (κ3) is 4.17. The minimum atomic E-state index is -1.28. The second kappa shape index (κ2) is 6.67. The van der Waals surface area contributed by atoms with Gasteiger partial charge in [0.2, 0.25) is 5.91 Å². The summed E-state index contributed by atoms with van der Waals surface area (Å²) >= 11 is 4.23. The first-order valence-electron chi connectivity index (χ1n) is 5.58. The van der Waals surface area contributed by atoms with Crippen LogP contribution in [0.25, 0.3) is 0 Å². The zero-order valence-corrected chi connectivity index (χ0v) is 12.5. The van der Waals surface area contributed by atoms with Crippen LogP contribution in [0, 0.1) is 0 Å².